The van der Waals surface area contributed by atoms with Crippen molar-refractivity contribution in [3.63, 3.8) is 0 Å². The molecule has 0 aromatic carbocycles. The molecule has 0 radical (unpaired) electrons. The van der Waals surface area contributed by atoms with Crippen molar-refractivity contribution < 1.29 is 4.42 Å². The Morgan fingerprint density at radius 1 is 1.29 bits per heavy atom. The van der Waals surface area contributed by atoms with Crippen molar-refractivity contribution in [1.82, 2.24) is 15.0 Å². The van der Waals surface area contributed by atoms with Crippen LogP contribution in [0.15, 0.2) is 16.1 Å². The number of nitrogens with one attached hydrogen (secondary N) is 1. The third-order valence-electron chi connectivity index (χ3n) is 3.90. The number of rotatable bonds is 3. The zero-order valence-electron chi connectivity index (χ0n) is 11.8. The van der Waals surface area contributed by atoms with Gasteiger partial charge in [-0.15, -0.1) is 11.3 Å². The normalized spacial score (nSPS) is 14.3. The van der Waals surface area contributed by atoms with Gasteiger partial charge in [-0.2, -0.15) is 4.98 Å². The molecular formula is C15H16N4OS. The summed E-state index contributed by atoms with van der Waals surface area (Å²) in [6.45, 7) is 2.60. The lowest BCUT2D eigenvalue weighted by Crippen LogP contribution is -2.06. The zero-order valence-corrected chi connectivity index (χ0v) is 12.7. The number of anilines is 1. The number of oxazole rings is 1. The van der Waals surface area contributed by atoms with Crippen LogP contribution in [0.3, 0.4) is 0 Å². The first-order chi connectivity index (χ1) is 10.3. The van der Waals surface area contributed by atoms with E-state index in [9.17, 15) is 0 Å². The highest BCUT2D eigenvalue weighted by molar-refractivity contribution is 7.10. The molecule has 0 fully saturated rings. The molecule has 6 heteroatoms. The van der Waals surface area contributed by atoms with Gasteiger partial charge in [-0.1, -0.05) is 0 Å². The second-order valence-corrected chi connectivity index (χ2v) is 6.30. The minimum atomic E-state index is 0.539. The van der Waals surface area contributed by atoms with Crippen LogP contribution < -0.4 is 5.32 Å². The number of aryl methyl sites for hydroxylation is 2. The van der Waals surface area contributed by atoms with Gasteiger partial charge in [-0.25, -0.2) is 9.97 Å². The largest absolute Gasteiger partial charge is 0.422 e. The first-order valence-electron chi connectivity index (χ1n) is 7.21. The molecule has 0 spiro atoms. The van der Waals surface area contributed by atoms with E-state index in [0.29, 0.717) is 17.1 Å². The lowest BCUT2D eigenvalue weighted by atomic mass is 9.96. The molecule has 0 saturated carbocycles. The van der Waals surface area contributed by atoms with Crippen molar-refractivity contribution in [3.8, 4) is 0 Å². The molecule has 4 rings (SSSR count). The van der Waals surface area contributed by atoms with Crippen LogP contribution in [0.5, 0.6) is 0 Å². The van der Waals surface area contributed by atoms with E-state index in [1.807, 2.05) is 18.3 Å². The van der Waals surface area contributed by atoms with E-state index >= 15 is 0 Å². The molecule has 1 aliphatic carbocycles. The Hall–Kier alpha value is -1.95. The lowest BCUT2D eigenvalue weighted by molar-refractivity contribution is 0.551. The maximum atomic E-state index is 5.44. The number of hydrogen-bond donors (Lipinski definition) is 1. The van der Waals surface area contributed by atoms with Gasteiger partial charge < -0.3 is 9.73 Å². The highest BCUT2D eigenvalue weighted by atomic mass is 32.1. The van der Waals surface area contributed by atoms with Crippen molar-refractivity contribution in [2.24, 2.45) is 0 Å². The minimum Gasteiger partial charge on any atom is -0.422 e. The first kappa shape index (κ1) is 12.8. The summed E-state index contributed by atoms with van der Waals surface area (Å²) < 4.78 is 5.44. The summed E-state index contributed by atoms with van der Waals surface area (Å²) in [6, 6.07) is 0. The van der Waals surface area contributed by atoms with Crippen LogP contribution in [0.1, 0.15) is 34.7 Å². The van der Waals surface area contributed by atoms with Gasteiger partial charge in [-0.3, -0.25) is 0 Å². The van der Waals surface area contributed by atoms with Gasteiger partial charge in [0, 0.05) is 18.3 Å². The first-order valence-corrected chi connectivity index (χ1v) is 8.09. The summed E-state index contributed by atoms with van der Waals surface area (Å²) in [7, 11) is 0. The van der Waals surface area contributed by atoms with E-state index in [0.717, 1.165) is 12.4 Å². The van der Waals surface area contributed by atoms with Gasteiger partial charge in [0.05, 0.1) is 0 Å². The summed E-state index contributed by atoms with van der Waals surface area (Å²) in [6.07, 6.45) is 6.58. The predicted molar refractivity (Wildman–Crippen MR) is 82.6 cm³/mol. The maximum Gasteiger partial charge on any atom is 0.252 e. The quantitative estimate of drug-likeness (QED) is 0.802. The zero-order chi connectivity index (χ0) is 14.2. The summed E-state index contributed by atoms with van der Waals surface area (Å²) in [5.41, 5.74) is 4.18. The number of fused-ring (bicyclic) bond motifs is 2. The van der Waals surface area contributed by atoms with E-state index in [1.54, 1.807) is 10.4 Å². The third-order valence-corrected chi connectivity index (χ3v) is 5.03. The Balaban J connectivity index is 1.60. The van der Waals surface area contributed by atoms with Crippen molar-refractivity contribution in [1.29, 1.82) is 0 Å². The van der Waals surface area contributed by atoms with E-state index in [1.165, 1.54) is 37.6 Å². The van der Waals surface area contributed by atoms with Gasteiger partial charge in [0.1, 0.15) is 6.33 Å². The smallest absolute Gasteiger partial charge is 0.252 e. The second-order valence-electron chi connectivity index (χ2n) is 5.33. The van der Waals surface area contributed by atoms with Crippen molar-refractivity contribution in [2.45, 2.75) is 39.2 Å². The average Bonchev–Trinajstić information content (AvgIpc) is 3.07. The van der Waals surface area contributed by atoms with E-state index in [2.05, 4.69) is 25.6 Å². The van der Waals surface area contributed by atoms with Crippen molar-refractivity contribution >= 4 is 28.4 Å². The van der Waals surface area contributed by atoms with Gasteiger partial charge in [0.15, 0.2) is 17.2 Å². The van der Waals surface area contributed by atoms with Gasteiger partial charge in [0.25, 0.3) is 5.71 Å². The Morgan fingerprint density at radius 3 is 3.14 bits per heavy atom. The molecule has 3 heterocycles. The van der Waals surface area contributed by atoms with Gasteiger partial charge >= 0.3 is 0 Å². The van der Waals surface area contributed by atoms with E-state index in [4.69, 9.17) is 4.42 Å². The minimum absolute atomic E-state index is 0.539. The Kier molecular flexibility index (Phi) is 3.11. The lowest BCUT2D eigenvalue weighted by Gasteiger charge is -2.13. The summed E-state index contributed by atoms with van der Waals surface area (Å²) in [4.78, 5) is 14.3. The fourth-order valence-corrected chi connectivity index (χ4v) is 4.02. The summed E-state index contributed by atoms with van der Waals surface area (Å²) in [5, 5.41) is 5.66. The molecule has 3 aromatic heterocycles. The Bertz CT molecular complexity index is 792. The van der Waals surface area contributed by atoms with E-state index in [-0.39, 0.29) is 0 Å². The molecule has 108 valence electrons. The van der Waals surface area contributed by atoms with Crippen LogP contribution in [0.2, 0.25) is 0 Å². The highest BCUT2D eigenvalue weighted by Gasteiger charge is 2.16. The number of nitrogens with zero attached hydrogens (tertiary/aromatic N) is 3. The van der Waals surface area contributed by atoms with Crippen molar-refractivity contribution in [3.05, 3.63) is 33.6 Å². The van der Waals surface area contributed by atoms with Crippen LogP contribution in [0.4, 0.5) is 5.82 Å². The summed E-state index contributed by atoms with van der Waals surface area (Å²) in [5.74, 6) is 1.36. The molecule has 0 saturated heterocycles. The molecule has 5 nitrogen and oxygen atoms in total. The average molecular weight is 300 g/mol. The Morgan fingerprint density at radius 2 is 2.19 bits per heavy atom. The molecule has 0 atom stereocenters. The fraction of sp³-hybridized carbons (Fsp3) is 0.400. The highest BCUT2D eigenvalue weighted by Crippen LogP contribution is 2.31. The predicted octanol–water partition coefficient (Wildman–Crippen LogP) is 3.48. The van der Waals surface area contributed by atoms with Crippen LogP contribution >= 0.6 is 11.3 Å². The van der Waals surface area contributed by atoms with Crippen LogP contribution in [-0.4, -0.2) is 15.0 Å². The molecule has 0 unspecified atom stereocenters. The SMILES string of the molecule is Cc1nc2c(NCc3csc4c3CCCC4)ncnc2o1. The van der Waals surface area contributed by atoms with Crippen molar-refractivity contribution in [2.75, 3.05) is 5.32 Å². The van der Waals surface area contributed by atoms with Crippen LogP contribution in [0, 0.1) is 6.92 Å². The molecule has 1 aliphatic rings. The maximum absolute atomic E-state index is 5.44. The molecule has 21 heavy (non-hydrogen) atoms. The fourth-order valence-electron chi connectivity index (χ4n) is 2.88. The number of aromatic nitrogens is 3. The molecular weight excluding hydrogens is 284 g/mol. The van der Waals surface area contributed by atoms with Crippen LogP contribution in [-0.2, 0) is 19.4 Å². The summed E-state index contributed by atoms with van der Waals surface area (Å²) >= 11 is 1.89. The molecule has 0 amide bonds. The molecule has 1 N–H and O–H groups in total. The molecule has 0 bridgehead atoms. The Labute approximate surface area is 126 Å². The molecule has 3 aromatic rings. The number of thiophene rings is 1. The number of hydrogen-bond acceptors (Lipinski definition) is 6. The third kappa shape index (κ3) is 2.29. The van der Waals surface area contributed by atoms with Gasteiger partial charge in [0.2, 0.25) is 0 Å². The van der Waals surface area contributed by atoms with E-state index < -0.39 is 0 Å². The van der Waals surface area contributed by atoms with Crippen LogP contribution in [0.25, 0.3) is 11.2 Å². The van der Waals surface area contributed by atoms with Gasteiger partial charge in [-0.05, 0) is 42.2 Å². The standard InChI is InChI=1S/C15H16N4OS/c1-9-19-13-14(17-8-18-15(13)20-9)16-6-10-7-21-12-5-3-2-4-11(10)12/h7-8H,2-6H2,1H3,(H,16,17,18). The molecule has 0 aliphatic heterocycles. The second kappa shape index (κ2) is 5.11. The topological polar surface area (TPSA) is 63.8 Å². The monoisotopic (exact) mass is 300 g/mol.